The Balaban J connectivity index is 2.44. The molecule has 6 nitrogen and oxygen atoms in total. The number of rotatable bonds is 5. The molecule has 1 rings (SSSR count). The number of carbonyl (C=O) groups excluding carboxylic acids is 2. The highest BCUT2D eigenvalue weighted by atomic mass is 32.1. The molecule has 0 fully saturated rings. The van der Waals surface area contributed by atoms with Gasteiger partial charge in [0.05, 0.1) is 19.2 Å². The van der Waals surface area contributed by atoms with E-state index in [0.717, 1.165) is 11.5 Å². The first kappa shape index (κ1) is 12.6. The van der Waals surface area contributed by atoms with Gasteiger partial charge in [0.15, 0.2) is 0 Å². The minimum Gasteiger partial charge on any atom is -0.469 e. The minimum atomic E-state index is -0.349. The summed E-state index contributed by atoms with van der Waals surface area (Å²) in [6.07, 6.45) is 0.826. The molecule has 0 bridgehead atoms. The molecule has 1 aromatic heterocycles. The predicted molar refractivity (Wildman–Crippen MR) is 58.3 cm³/mol. The number of esters is 1. The molecule has 16 heavy (non-hydrogen) atoms. The predicted octanol–water partition coefficient (Wildman–Crippen LogP) is 0.393. The monoisotopic (exact) mass is 243 g/mol. The highest BCUT2D eigenvalue weighted by Gasteiger charge is 2.14. The van der Waals surface area contributed by atoms with Crippen LogP contribution < -0.4 is 5.32 Å². The summed E-state index contributed by atoms with van der Waals surface area (Å²) >= 11 is 1.06. The van der Waals surface area contributed by atoms with Gasteiger partial charge in [0.1, 0.15) is 4.88 Å². The molecule has 0 saturated carbocycles. The third kappa shape index (κ3) is 3.27. The van der Waals surface area contributed by atoms with Crippen LogP contribution in [-0.4, -0.2) is 35.1 Å². The van der Waals surface area contributed by atoms with E-state index >= 15 is 0 Å². The molecule has 0 aromatic carbocycles. The van der Waals surface area contributed by atoms with Crippen molar-refractivity contribution < 1.29 is 14.3 Å². The lowest BCUT2D eigenvalue weighted by molar-refractivity contribution is -0.140. The fourth-order valence-electron chi connectivity index (χ4n) is 1.07. The minimum absolute atomic E-state index is 0.163. The lowest BCUT2D eigenvalue weighted by Gasteiger charge is -2.02. The van der Waals surface area contributed by atoms with E-state index in [-0.39, 0.29) is 24.8 Å². The maximum Gasteiger partial charge on any atom is 0.307 e. The molecule has 88 valence electrons. The second-order valence-corrected chi connectivity index (χ2v) is 3.74. The maximum absolute atomic E-state index is 11.6. The molecule has 0 atom stereocenters. The van der Waals surface area contributed by atoms with Crippen LogP contribution in [0.2, 0.25) is 0 Å². The van der Waals surface area contributed by atoms with Crippen molar-refractivity contribution in [2.75, 3.05) is 13.7 Å². The molecular weight excluding hydrogens is 230 g/mol. The van der Waals surface area contributed by atoms with E-state index in [2.05, 4.69) is 19.6 Å². The molecule has 7 heteroatoms. The Morgan fingerprint density at radius 1 is 1.50 bits per heavy atom. The Morgan fingerprint density at radius 2 is 2.25 bits per heavy atom. The van der Waals surface area contributed by atoms with Crippen molar-refractivity contribution in [3.05, 3.63) is 10.6 Å². The summed E-state index contributed by atoms with van der Waals surface area (Å²) in [7, 11) is 1.31. The Bertz CT molecular complexity index is 378. The van der Waals surface area contributed by atoms with Crippen molar-refractivity contribution in [2.24, 2.45) is 0 Å². The van der Waals surface area contributed by atoms with Crippen LogP contribution in [-0.2, 0) is 16.0 Å². The number of aromatic nitrogens is 2. The number of nitrogens with one attached hydrogen (secondary N) is 1. The summed E-state index contributed by atoms with van der Waals surface area (Å²) in [5.74, 6) is -0.589. The fraction of sp³-hybridized carbons (Fsp3) is 0.556. The van der Waals surface area contributed by atoms with Crippen molar-refractivity contribution in [2.45, 2.75) is 19.8 Å². The normalized spacial score (nSPS) is 9.88. The lowest BCUT2D eigenvalue weighted by atomic mass is 10.3. The third-order valence-electron chi connectivity index (χ3n) is 1.94. The number of hydrogen-bond donors (Lipinski definition) is 1. The van der Waals surface area contributed by atoms with Crippen LogP contribution in [0.25, 0.3) is 0 Å². The summed E-state index contributed by atoms with van der Waals surface area (Å²) in [5, 5.41) is 6.45. The molecule has 0 aliphatic carbocycles. The van der Waals surface area contributed by atoms with Crippen LogP contribution in [0.5, 0.6) is 0 Å². The Labute approximate surface area is 97.2 Å². The molecule has 0 saturated heterocycles. The van der Waals surface area contributed by atoms with Gasteiger partial charge < -0.3 is 10.1 Å². The van der Waals surface area contributed by atoms with E-state index in [1.54, 1.807) is 0 Å². The van der Waals surface area contributed by atoms with Crippen molar-refractivity contribution >= 4 is 23.4 Å². The topological polar surface area (TPSA) is 81.2 Å². The van der Waals surface area contributed by atoms with Crippen LogP contribution >= 0.6 is 11.5 Å². The molecule has 1 heterocycles. The van der Waals surface area contributed by atoms with Gasteiger partial charge in [-0.05, 0) is 18.0 Å². The smallest absolute Gasteiger partial charge is 0.307 e. The first-order valence-electron chi connectivity index (χ1n) is 4.85. The van der Waals surface area contributed by atoms with E-state index < -0.39 is 0 Å². The van der Waals surface area contributed by atoms with Crippen LogP contribution in [0.1, 0.15) is 28.7 Å². The largest absolute Gasteiger partial charge is 0.469 e. The molecule has 0 unspecified atom stereocenters. The third-order valence-corrected chi connectivity index (χ3v) is 2.71. The Morgan fingerprint density at radius 3 is 2.88 bits per heavy atom. The van der Waals surface area contributed by atoms with E-state index in [0.29, 0.717) is 17.0 Å². The number of methoxy groups -OCH3 is 1. The van der Waals surface area contributed by atoms with Crippen LogP contribution in [0, 0.1) is 0 Å². The van der Waals surface area contributed by atoms with Gasteiger partial charge in [0, 0.05) is 6.54 Å². The molecule has 1 amide bonds. The lowest BCUT2D eigenvalue weighted by Crippen LogP contribution is -2.26. The zero-order chi connectivity index (χ0) is 12.0. The first-order chi connectivity index (χ1) is 7.69. The molecule has 0 spiro atoms. The second kappa shape index (κ2) is 6.16. The number of hydrogen-bond acceptors (Lipinski definition) is 6. The molecule has 0 aliphatic heterocycles. The summed E-state index contributed by atoms with van der Waals surface area (Å²) in [4.78, 5) is 22.9. The average molecular weight is 243 g/mol. The number of nitrogens with zero attached hydrogens (tertiary/aromatic N) is 2. The van der Waals surface area contributed by atoms with Gasteiger partial charge in [0.2, 0.25) is 0 Å². The number of amides is 1. The quantitative estimate of drug-likeness (QED) is 0.757. The first-order valence-corrected chi connectivity index (χ1v) is 5.62. The zero-order valence-corrected chi connectivity index (χ0v) is 9.97. The summed E-state index contributed by atoms with van der Waals surface area (Å²) in [6, 6.07) is 0. The van der Waals surface area contributed by atoms with Crippen molar-refractivity contribution in [1.82, 2.24) is 14.9 Å². The van der Waals surface area contributed by atoms with Gasteiger partial charge in [-0.2, -0.15) is 0 Å². The summed E-state index contributed by atoms with van der Waals surface area (Å²) in [6.45, 7) is 2.16. The van der Waals surface area contributed by atoms with Crippen LogP contribution in [0.3, 0.4) is 0 Å². The standard InChI is InChI=1S/C9H13N3O3S/c1-3-6-8(16-12-11-6)9(14)10-5-4-7(13)15-2/h3-5H2,1-2H3,(H,10,14). The molecule has 0 radical (unpaired) electrons. The average Bonchev–Trinajstić information content (AvgIpc) is 2.76. The van der Waals surface area contributed by atoms with E-state index in [1.807, 2.05) is 6.92 Å². The number of ether oxygens (including phenoxy) is 1. The van der Waals surface area contributed by atoms with Gasteiger partial charge in [-0.1, -0.05) is 11.4 Å². The fourth-order valence-corrected chi connectivity index (χ4v) is 1.74. The van der Waals surface area contributed by atoms with Crippen molar-refractivity contribution in [3.8, 4) is 0 Å². The summed E-state index contributed by atoms with van der Waals surface area (Å²) < 4.78 is 8.17. The maximum atomic E-state index is 11.6. The zero-order valence-electron chi connectivity index (χ0n) is 9.15. The number of carbonyl (C=O) groups is 2. The van der Waals surface area contributed by atoms with E-state index in [1.165, 1.54) is 7.11 Å². The van der Waals surface area contributed by atoms with Gasteiger partial charge in [-0.3, -0.25) is 9.59 Å². The second-order valence-electron chi connectivity index (χ2n) is 2.98. The van der Waals surface area contributed by atoms with Gasteiger partial charge in [-0.25, -0.2) is 0 Å². The SMILES string of the molecule is CCc1nnsc1C(=O)NCCC(=O)OC. The van der Waals surface area contributed by atoms with Gasteiger partial charge in [-0.15, -0.1) is 5.10 Å². The molecule has 1 N–H and O–H groups in total. The Kier molecular flexibility index (Phi) is 4.84. The summed E-state index contributed by atoms with van der Waals surface area (Å²) in [5.41, 5.74) is 0.681. The van der Waals surface area contributed by atoms with E-state index in [4.69, 9.17) is 0 Å². The van der Waals surface area contributed by atoms with Gasteiger partial charge >= 0.3 is 5.97 Å². The number of aryl methyl sites for hydroxylation is 1. The molecular formula is C9H13N3O3S. The highest BCUT2D eigenvalue weighted by molar-refractivity contribution is 7.08. The molecule has 0 aliphatic rings. The van der Waals surface area contributed by atoms with Gasteiger partial charge in [0.25, 0.3) is 5.91 Å². The highest BCUT2D eigenvalue weighted by Crippen LogP contribution is 2.10. The Hall–Kier alpha value is -1.50. The van der Waals surface area contributed by atoms with E-state index in [9.17, 15) is 9.59 Å². The van der Waals surface area contributed by atoms with Crippen molar-refractivity contribution in [3.63, 3.8) is 0 Å². The van der Waals surface area contributed by atoms with Crippen LogP contribution in [0.4, 0.5) is 0 Å². The van der Waals surface area contributed by atoms with Crippen LogP contribution in [0.15, 0.2) is 0 Å². The van der Waals surface area contributed by atoms with Crippen molar-refractivity contribution in [1.29, 1.82) is 0 Å². The molecule has 1 aromatic rings.